The Morgan fingerprint density at radius 1 is 0.469 bits per heavy atom. The van der Waals surface area contributed by atoms with Gasteiger partial charge >= 0.3 is 26.2 Å². The Bertz CT molecular complexity index is 827. The molecule has 1 N–H and O–H groups in total. The number of nitrogens with zero attached hydrogens (tertiary/aromatic N) is 2. The number of nitrogens with one attached hydrogen (secondary N) is 1. The average molecular weight is 513 g/mol. The Labute approximate surface area is 216 Å². The summed E-state index contributed by atoms with van der Waals surface area (Å²) in [5.74, 6) is 0. The van der Waals surface area contributed by atoms with Crippen LogP contribution in [0.5, 0.6) is 0 Å². The molecule has 0 aliphatic carbocycles. The van der Waals surface area contributed by atoms with Crippen molar-refractivity contribution in [2.75, 3.05) is 13.1 Å². The predicted molar refractivity (Wildman–Crippen MR) is 138 cm³/mol. The Morgan fingerprint density at radius 3 is 0.938 bits per heavy atom. The normalized spacial score (nSPS) is 12.9. The molecule has 3 nitrogen and oxygen atoms in total. The van der Waals surface area contributed by atoms with Crippen LogP contribution in [0.4, 0.5) is 11.4 Å². The van der Waals surface area contributed by atoms with Crippen molar-refractivity contribution in [3.05, 3.63) is 66.3 Å². The minimum atomic E-state index is 0. The molecule has 0 aromatic heterocycles. The molecular formula is C28H43N3Zr. The van der Waals surface area contributed by atoms with Gasteiger partial charge in [-0.15, -0.1) is 24.5 Å². The molecule has 0 aliphatic rings. The van der Waals surface area contributed by atoms with E-state index in [4.69, 9.17) is 10.6 Å². The van der Waals surface area contributed by atoms with Crippen molar-refractivity contribution in [1.29, 1.82) is 0 Å². The summed E-state index contributed by atoms with van der Waals surface area (Å²) in [5.41, 5.74) is 15.8. The van der Waals surface area contributed by atoms with Gasteiger partial charge in [0.15, 0.2) is 0 Å². The number of hydrogen-bond donors (Lipinski definition) is 1. The summed E-state index contributed by atoms with van der Waals surface area (Å²) in [7, 11) is 0. The van der Waals surface area contributed by atoms with Crippen LogP contribution in [0.3, 0.4) is 0 Å². The van der Waals surface area contributed by atoms with Gasteiger partial charge in [0.05, 0.1) is 0 Å². The van der Waals surface area contributed by atoms with Gasteiger partial charge in [0.1, 0.15) is 0 Å². The molecule has 2 aromatic rings. The molecule has 174 valence electrons. The maximum absolute atomic E-state index is 5.01. The molecule has 0 bridgehead atoms. The first-order chi connectivity index (χ1) is 14.4. The summed E-state index contributed by atoms with van der Waals surface area (Å²) in [6.45, 7) is 28.0. The molecule has 0 radical (unpaired) electrons. The van der Waals surface area contributed by atoms with Crippen molar-refractivity contribution < 1.29 is 26.2 Å². The third-order valence-corrected chi connectivity index (χ3v) is 7.54. The number of benzene rings is 2. The zero-order chi connectivity index (χ0) is 23.6. The second kappa shape index (κ2) is 11.8. The fourth-order valence-corrected chi connectivity index (χ4v) is 4.48. The minimum absolute atomic E-state index is 0. The monoisotopic (exact) mass is 511 g/mol. The first-order valence-electron chi connectivity index (χ1n) is 11.6. The van der Waals surface area contributed by atoms with E-state index in [0.29, 0.717) is 12.1 Å². The Hall–Kier alpha value is -1.12. The van der Waals surface area contributed by atoms with Gasteiger partial charge in [0, 0.05) is 0 Å². The van der Waals surface area contributed by atoms with Crippen molar-refractivity contribution in [1.82, 2.24) is 5.32 Å². The summed E-state index contributed by atoms with van der Waals surface area (Å²) in [6.07, 6.45) is 0. The molecule has 2 aromatic carbocycles. The molecule has 0 heterocycles. The fraction of sp³-hybridized carbons (Fsp3) is 0.571. The van der Waals surface area contributed by atoms with E-state index in [9.17, 15) is 0 Å². The molecule has 32 heavy (non-hydrogen) atoms. The molecule has 0 fully saturated rings. The van der Waals surface area contributed by atoms with Gasteiger partial charge in [0.25, 0.3) is 0 Å². The average Bonchev–Trinajstić information content (AvgIpc) is 2.73. The summed E-state index contributed by atoms with van der Waals surface area (Å²) in [6, 6.07) is 0.601. The van der Waals surface area contributed by atoms with E-state index in [0.717, 1.165) is 13.1 Å². The van der Waals surface area contributed by atoms with E-state index < -0.39 is 0 Å². The Balaban J connectivity index is 0.00000512. The van der Waals surface area contributed by atoms with Crippen molar-refractivity contribution >= 4 is 11.4 Å². The van der Waals surface area contributed by atoms with E-state index in [2.05, 4.69) is 88.4 Å². The molecule has 0 spiro atoms. The van der Waals surface area contributed by atoms with Crippen LogP contribution in [0.2, 0.25) is 0 Å². The second-order valence-electron chi connectivity index (χ2n) is 9.60. The maximum atomic E-state index is 5.01. The van der Waals surface area contributed by atoms with Gasteiger partial charge in [-0.1, -0.05) is 36.1 Å². The van der Waals surface area contributed by atoms with Crippen LogP contribution in [0.25, 0.3) is 10.6 Å². The van der Waals surface area contributed by atoms with Gasteiger partial charge < -0.3 is 16.0 Å². The second-order valence-corrected chi connectivity index (χ2v) is 9.60. The van der Waals surface area contributed by atoms with Crippen LogP contribution >= 0.6 is 0 Å². The maximum Gasteiger partial charge on any atom is 2.00 e. The molecule has 2 rings (SSSR count). The minimum Gasteiger partial charge on any atom is -0.683 e. The molecule has 2 unspecified atom stereocenters. The van der Waals surface area contributed by atoms with Crippen LogP contribution in [-0.2, 0) is 26.2 Å². The van der Waals surface area contributed by atoms with Crippen molar-refractivity contribution in [3.63, 3.8) is 0 Å². The predicted octanol–water partition coefficient (Wildman–Crippen LogP) is 7.85. The topological polar surface area (TPSA) is 40.2 Å². The van der Waals surface area contributed by atoms with Crippen molar-refractivity contribution in [2.45, 2.75) is 95.2 Å². The van der Waals surface area contributed by atoms with E-state index in [-0.39, 0.29) is 26.2 Å². The van der Waals surface area contributed by atoms with Crippen LogP contribution in [-0.4, -0.2) is 25.2 Å². The summed E-state index contributed by atoms with van der Waals surface area (Å²) >= 11 is 0. The van der Waals surface area contributed by atoms with Gasteiger partial charge in [-0.05, 0) is 115 Å². The summed E-state index contributed by atoms with van der Waals surface area (Å²) < 4.78 is 0. The van der Waals surface area contributed by atoms with E-state index >= 15 is 0 Å². The molecule has 0 saturated carbocycles. The van der Waals surface area contributed by atoms with E-state index in [1.807, 2.05) is 0 Å². The first kappa shape index (κ1) is 28.9. The van der Waals surface area contributed by atoms with Gasteiger partial charge in [-0.25, -0.2) is 0 Å². The number of rotatable bonds is 8. The third-order valence-electron chi connectivity index (χ3n) is 7.54. The molecule has 0 aliphatic heterocycles. The third kappa shape index (κ3) is 6.06. The SMILES string of the molecule is Cc1c(C)c(C)c([N-]CC(C)NC(C)C[N-]c2c(C)c(C)c(C)c(C)c2C)c(C)c1C.[Zr+2]. The van der Waals surface area contributed by atoms with E-state index in [1.165, 1.54) is 67.0 Å². The van der Waals surface area contributed by atoms with Crippen LogP contribution < -0.4 is 5.32 Å². The Kier molecular flexibility index (Phi) is 10.7. The largest absolute Gasteiger partial charge is 2.00 e. The molecule has 0 amide bonds. The smallest absolute Gasteiger partial charge is 0.683 e. The first-order valence-corrected chi connectivity index (χ1v) is 11.6. The zero-order valence-electron chi connectivity index (χ0n) is 22.5. The van der Waals surface area contributed by atoms with Gasteiger partial charge in [-0.2, -0.15) is 0 Å². The number of hydrogen-bond acceptors (Lipinski definition) is 1. The van der Waals surface area contributed by atoms with Crippen molar-refractivity contribution in [2.24, 2.45) is 0 Å². The van der Waals surface area contributed by atoms with Gasteiger partial charge in [-0.3, -0.25) is 0 Å². The van der Waals surface area contributed by atoms with Crippen LogP contribution in [0.15, 0.2) is 0 Å². The fourth-order valence-electron chi connectivity index (χ4n) is 4.48. The van der Waals surface area contributed by atoms with E-state index in [1.54, 1.807) is 0 Å². The van der Waals surface area contributed by atoms with Gasteiger partial charge in [0.2, 0.25) is 0 Å². The van der Waals surface area contributed by atoms with Crippen LogP contribution in [0, 0.1) is 69.2 Å². The van der Waals surface area contributed by atoms with Crippen LogP contribution in [0.1, 0.15) is 69.5 Å². The standard InChI is InChI=1S/C28H43N3.Zr/c1-15(13-29-27-23(9)19(5)17(3)20(6)24(27)10)31-16(2)14-30-28-25(11)21(7)18(4)22(8)26(28)12;/h15-16,31H,13-14H2,1-12H3;/q-2;+2. The zero-order valence-corrected chi connectivity index (χ0v) is 24.9. The quantitative estimate of drug-likeness (QED) is 0.384. The summed E-state index contributed by atoms with van der Waals surface area (Å²) in [4.78, 5) is 0. The summed E-state index contributed by atoms with van der Waals surface area (Å²) in [5, 5.41) is 13.7. The molecule has 0 saturated heterocycles. The molecular weight excluding hydrogens is 470 g/mol. The molecule has 4 heteroatoms. The van der Waals surface area contributed by atoms with Crippen molar-refractivity contribution in [3.8, 4) is 0 Å². The molecule has 2 atom stereocenters. The Morgan fingerprint density at radius 2 is 0.688 bits per heavy atom.